The topological polar surface area (TPSA) is 87.0 Å². The van der Waals surface area contributed by atoms with Gasteiger partial charge in [0.2, 0.25) is 0 Å². The lowest BCUT2D eigenvalue weighted by atomic mass is 10.2. The Labute approximate surface area is 86.0 Å². The zero-order valence-electron chi connectivity index (χ0n) is 8.21. The standard InChI is InChI=1S/C9H13N3O3/c13-8-4-7(11-12-8)9(14)10-5-6-2-1-3-15-6/h4,6H,1-3,5H2,(H,10,14)(H2,11,12,13). The third kappa shape index (κ3) is 2.47. The first-order valence-electron chi connectivity index (χ1n) is 4.93. The van der Waals surface area contributed by atoms with E-state index in [1.807, 2.05) is 0 Å². The molecule has 0 saturated carbocycles. The van der Waals surface area contributed by atoms with Crippen LogP contribution in [0, 0.1) is 0 Å². The van der Waals surface area contributed by atoms with Gasteiger partial charge in [-0.15, -0.1) is 0 Å². The Kier molecular flexibility index (Phi) is 2.86. The molecule has 1 saturated heterocycles. The summed E-state index contributed by atoms with van der Waals surface area (Å²) in [5, 5.41) is 7.50. The van der Waals surface area contributed by atoms with Crippen molar-refractivity contribution in [1.82, 2.24) is 15.5 Å². The number of aromatic amines is 2. The van der Waals surface area contributed by atoms with Crippen LogP contribution in [0.25, 0.3) is 0 Å². The minimum atomic E-state index is -0.308. The highest BCUT2D eigenvalue weighted by atomic mass is 16.5. The Morgan fingerprint density at radius 1 is 1.60 bits per heavy atom. The summed E-state index contributed by atoms with van der Waals surface area (Å²) < 4.78 is 5.35. The molecule has 1 aliphatic rings. The van der Waals surface area contributed by atoms with Crippen molar-refractivity contribution in [1.29, 1.82) is 0 Å². The third-order valence-corrected chi connectivity index (χ3v) is 2.35. The van der Waals surface area contributed by atoms with Crippen molar-refractivity contribution in [3.63, 3.8) is 0 Å². The average Bonchev–Trinajstić information content (AvgIpc) is 2.84. The Balaban J connectivity index is 1.84. The maximum absolute atomic E-state index is 11.5. The monoisotopic (exact) mass is 211 g/mol. The molecule has 1 atom stereocenters. The Morgan fingerprint density at radius 2 is 2.47 bits per heavy atom. The van der Waals surface area contributed by atoms with Crippen LogP contribution in [0.1, 0.15) is 23.3 Å². The van der Waals surface area contributed by atoms with E-state index >= 15 is 0 Å². The van der Waals surface area contributed by atoms with E-state index in [1.165, 1.54) is 6.07 Å². The third-order valence-electron chi connectivity index (χ3n) is 2.35. The van der Waals surface area contributed by atoms with Gasteiger partial charge >= 0.3 is 0 Å². The summed E-state index contributed by atoms with van der Waals surface area (Å²) in [6.45, 7) is 1.26. The number of ether oxygens (including phenoxy) is 1. The fraction of sp³-hybridized carbons (Fsp3) is 0.556. The summed E-state index contributed by atoms with van der Waals surface area (Å²) in [6.07, 6.45) is 2.13. The van der Waals surface area contributed by atoms with Crippen molar-refractivity contribution in [3.05, 3.63) is 22.1 Å². The van der Waals surface area contributed by atoms with Crippen molar-refractivity contribution in [2.75, 3.05) is 13.2 Å². The van der Waals surface area contributed by atoms with Gasteiger partial charge in [0.25, 0.3) is 11.5 Å². The van der Waals surface area contributed by atoms with Gasteiger partial charge in [-0.3, -0.25) is 19.8 Å². The summed E-state index contributed by atoms with van der Waals surface area (Å²) >= 11 is 0. The molecule has 1 aliphatic heterocycles. The van der Waals surface area contributed by atoms with Crippen LogP contribution in [0.15, 0.2) is 10.9 Å². The van der Waals surface area contributed by atoms with E-state index in [9.17, 15) is 9.59 Å². The number of carbonyl (C=O) groups excluding carboxylic acids is 1. The number of rotatable bonds is 3. The Bertz CT molecular complexity index is 389. The second-order valence-corrected chi connectivity index (χ2v) is 3.52. The van der Waals surface area contributed by atoms with Gasteiger partial charge in [0.05, 0.1) is 6.10 Å². The molecule has 0 aliphatic carbocycles. The number of H-pyrrole nitrogens is 2. The highest BCUT2D eigenvalue weighted by Gasteiger charge is 2.17. The predicted octanol–water partition coefficient (Wildman–Crippen LogP) is -0.388. The van der Waals surface area contributed by atoms with E-state index in [2.05, 4.69) is 15.5 Å². The minimum Gasteiger partial charge on any atom is -0.376 e. The largest absolute Gasteiger partial charge is 0.376 e. The molecule has 0 aromatic carbocycles. The van der Waals surface area contributed by atoms with Crippen LogP contribution in [0.5, 0.6) is 0 Å². The highest BCUT2D eigenvalue weighted by molar-refractivity contribution is 5.92. The lowest BCUT2D eigenvalue weighted by Gasteiger charge is -2.09. The summed E-state index contributed by atoms with van der Waals surface area (Å²) in [4.78, 5) is 22.2. The van der Waals surface area contributed by atoms with E-state index in [1.54, 1.807) is 0 Å². The maximum Gasteiger partial charge on any atom is 0.269 e. The highest BCUT2D eigenvalue weighted by Crippen LogP contribution is 2.10. The van der Waals surface area contributed by atoms with Gasteiger partial charge in [-0.25, -0.2) is 0 Å². The molecule has 1 aromatic heterocycles. The van der Waals surface area contributed by atoms with Crippen molar-refractivity contribution in [2.24, 2.45) is 0 Å². The zero-order valence-corrected chi connectivity index (χ0v) is 8.21. The van der Waals surface area contributed by atoms with Crippen LogP contribution < -0.4 is 10.9 Å². The number of amides is 1. The van der Waals surface area contributed by atoms with Crippen molar-refractivity contribution in [3.8, 4) is 0 Å². The first-order chi connectivity index (χ1) is 7.25. The van der Waals surface area contributed by atoms with Gasteiger partial charge in [-0.05, 0) is 12.8 Å². The maximum atomic E-state index is 11.5. The van der Waals surface area contributed by atoms with Crippen molar-refractivity contribution < 1.29 is 9.53 Å². The van der Waals surface area contributed by atoms with Crippen LogP contribution in [-0.4, -0.2) is 35.4 Å². The van der Waals surface area contributed by atoms with Crippen LogP contribution in [0.3, 0.4) is 0 Å². The van der Waals surface area contributed by atoms with Crippen LogP contribution >= 0.6 is 0 Å². The molecule has 2 rings (SSSR count). The number of nitrogens with one attached hydrogen (secondary N) is 3. The molecule has 0 bridgehead atoms. The van der Waals surface area contributed by atoms with Crippen LogP contribution in [-0.2, 0) is 4.74 Å². The predicted molar refractivity (Wildman–Crippen MR) is 52.7 cm³/mol. The Morgan fingerprint density at radius 3 is 3.07 bits per heavy atom. The first kappa shape index (κ1) is 9.97. The van der Waals surface area contributed by atoms with Crippen LogP contribution in [0.4, 0.5) is 0 Å². The second-order valence-electron chi connectivity index (χ2n) is 3.52. The second kappa shape index (κ2) is 4.31. The van der Waals surface area contributed by atoms with Crippen molar-refractivity contribution in [2.45, 2.75) is 18.9 Å². The smallest absolute Gasteiger partial charge is 0.269 e. The molecular formula is C9H13N3O3. The molecule has 0 radical (unpaired) electrons. The van der Waals surface area contributed by atoms with Gasteiger partial charge < -0.3 is 10.1 Å². The number of carbonyl (C=O) groups is 1. The van der Waals surface area contributed by atoms with Crippen LogP contribution in [0.2, 0.25) is 0 Å². The van der Waals surface area contributed by atoms with E-state index < -0.39 is 0 Å². The minimum absolute atomic E-state index is 0.111. The SMILES string of the molecule is O=C(NCC1CCCO1)c1cc(=O)[nH][nH]1. The molecule has 15 heavy (non-hydrogen) atoms. The average molecular weight is 211 g/mol. The van der Waals surface area contributed by atoms with E-state index in [4.69, 9.17) is 4.74 Å². The summed E-state index contributed by atoms with van der Waals surface area (Å²) in [5.41, 5.74) is -0.0599. The van der Waals surface area contributed by atoms with Gasteiger partial charge in [0.15, 0.2) is 0 Å². The van der Waals surface area contributed by atoms with E-state index in [-0.39, 0.29) is 23.3 Å². The Hall–Kier alpha value is -1.56. The molecule has 6 nitrogen and oxygen atoms in total. The van der Waals surface area contributed by atoms with Gasteiger partial charge in [-0.2, -0.15) is 0 Å². The van der Waals surface area contributed by atoms with Crippen molar-refractivity contribution >= 4 is 5.91 Å². The number of hydrogen-bond donors (Lipinski definition) is 3. The molecule has 0 spiro atoms. The van der Waals surface area contributed by atoms with Gasteiger partial charge in [0, 0.05) is 19.2 Å². The molecular weight excluding hydrogens is 198 g/mol. The molecule has 6 heteroatoms. The molecule has 1 unspecified atom stereocenters. The summed E-state index contributed by atoms with van der Waals surface area (Å²) in [7, 11) is 0. The quantitative estimate of drug-likeness (QED) is 0.636. The molecule has 1 fully saturated rings. The normalized spacial score (nSPS) is 20.4. The lowest BCUT2D eigenvalue weighted by Crippen LogP contribution is -2.32. The molecule has 82 valence electrons. The lowest BCUT2D eigenvalue weighted by molar-refractivity contribution is 0.0853. The van der Waals surface area contributed by atoms with E-state index in [0.717, 1.165) is 19.4 Å². The molecule has 3 N–H and O–H groups in total. The number of hydrogen-bond acceptors (Lipinski definition) is 3. The zero-order chi connectivity index (χ0) is 10.7. The molecule has 1 aromatic rings. The molecule has 1 amide bonds. The van der Waals surface area contributed by atoms with Gasteiger partial charge in [-0.1, -0.05) is 0 Å². The molecule has 2 heterocycles. The summed E-state index contributed by atoms with van der Waals surface area (Å²) in [6, 6.07) is 1.23. The fourth-order valence-electron chi connectivity index (χ4n) is 1.56. The van der Waals surface area contributed by atoms with E-state index in [0.29, 0.717) is 6.54 Å². The first-order valence-corrected chi connectivity index (χ1v) is 4.93. The number of aromatic nitrogens is 2. The summed E-state index contributed by atoms with van der Waals surface area (Å²) in [5.74, 6) is -0.288. The fourth-order valence-corrected chi connectivity index (χ4v) is 1.56. The van der Waals surface area contributed by atoms with Gasteiger partial charge in [0.1, 0.15) is 5.69 Å².